The van der Waals surface area contributed by atoms with E-state index in [-0.39, 0.29) is 0 Å². The molecule has 1 fully saturated rings. The first-order valence-corrected chi connectivity index (χ1v) is 6.12. The van der Waals surface area contributed by atoms with Crippen molar-refractivity contribution >= 4 is 5.91 Å². The number of nitrogens with one attached hydrogen (secondary N) is 1. The molecule has 1 aliphatic rings. The van der Waals surface area contributed by atoms with Gasteiger partial charge >= 0.3 is 0 Å². The summed E-state index contributed by atoms with van der Waals surface area (Å²) in [4.78, 5) is 13.9. The van der Waals surface area contributed by atoms with E-state index in [4.69, 9.17) is 0 Å². The average Bonchev–Trinajstić information content (AvgIpc) is 2.40. The molecule has 88 valence electrons. The maximum Gasteiger partial charge on any atom is 0.222 e. The Labute approximate surface area is 93.2 Å². The van der Waals surface area contributed by atoms with Gasteiger partial charge in [0.05, 0.1) is 0 Å². The summed E-state index contributed by atoms with van der Waals surface area (Å²) < 4.78 is 0. The lowest BCUT2D eigenvalue weighted by atomic mass is 10.0. The van der Waals surface area contributed by atoms with Crippen molar-refractivity contribution in [3.8, 4) is 0 Å². The molecule has 0 radical (unpaired) electrons. The molecule has 0 bridgehead atoms. The Bertz CT molecular complexity index is 202. The van der Waals surface area contributed by atoms with E-state index in [1.165, 1.54) is 0 Å². The van der Waals surface area contributed by atoms with E-state index in [0.717, 1.165) is 38.8 Å². The largest absolute Gasteiger partial charge is 0.341 e. The molecule has 1 heterocycles. The predicted molar refractivity (Wildman–Crippen MR) is 62.7 cm³/mol. The Morgan fingerprint density at radius 1 is 1.53 bits per heavy atom. The Kier molecular flexibility index (Phi) is 5.09. The summed E-state index contributed by atoms with van der Waals surface area (Å²) in [6, 6.07) is 0.447. The number of likely N-dealkylation sites (tertiary alicyclic amines) is 1. The molecule has 3 heteroatoms. The van der Waals surface area contributed by atoms with Gasteiger partial charge in [-0.3, -0.25) is 4.79 Å². The van der Waals surface area contributed by atoms with Crippen molar-refractivity contribution in [1.82, 2.24) is 10.2 Å². The molecule has 1 aliphatic heterocycles. The number of hydrogen-bond donors (Lipinski definition) is 1. The molecule has 0 spiro atoms. The van der Waals surface area contributed by atoms with E-state index < -0.39 is 0 Å². The molecule has 0 aromatic rings. The molecule has 0 aliphatic carbocycles. The van der Waals surface area contributed by atoms with E-state index in [0.29, 0.717) is 17.9 Å². The zero-order chi connectivity index (χ0) is 11.3. The van der Waals surface area contributed by atoms with Crippen molar-refractivity contribution in [3.63, 3.8) is 0 Å². The molecule has 1 saturated heterocycles. The number of likely N-dealkylation sites (N-methyl/N-ethyl adjacent to an activating group) is 1. The van der Waals surface area contributed by atoms with Gasteiger partial charge in [-0.2, -0.15) is 0 Å². The fourth-order valence-electron chi connectivity index (χ4n) is 2.06. The third kappa shape index (κ3) is 3.82. The first-order valence-electron chi connectivity index (χ1n) is 6.12. The number of nitrogens with zero attached hydrogens (tertiary/aromatic N) is 1. The second-order valence-corrected chi connectivity index (χ2v) is 4.67. The fraction of sp³-hybridized carbons (Fsp3) is 0.917. The van der Waals surface area contributed by atoms with E-state index in [2.05, 4.69) is 19.2 Å². The van der Waals surface area contributed by atoms with Gasteiger partial charge in [-0.1, -0.05) is 13.8 Å². The molecule has 15 heavy (non-hydrogen) atoms. The summed E-state index contributed by atoms with van der Waals surface area (Å²) >= 11 is 0. The van der Waals surface area contributed by atoms with Crippen LogP contribution in [-0.2, 0) is 4.79 Å². The summed E-state index contributed by atoms with van der Waals surface area (Å²) in [5.74, 6) is 1.04. The highest BCUT2D eigenvalue weighted by Gasteiger charge is 2.21. The monoisotopic (exact) mass is 212 g/mol. The molecule has 2 atom stereocenters. The van der Waals surface area contributed by atoms with E-state index >= 15 is 0 Å². The van der Waals surface area contributed by atoms with Crippen molar-refractivity contribution in [1.29, 1.82) is 0 Å². The molecule has 0 aromatic carbocycles. The molecular formula is C12H24N2O. The Morgan fingerprint density at radius 2 is 2.27 bits per heavy atom. The van der Waals surface area contributed by atoms with Crippen LogP contribution in [0, 0.1) is 5.92 Å². The highest BCUT2D eigenvalue weighted by atomic mass is 16.2. The maximum atomic E-state index is 11.8. The van der Waals surface area contributed by atoms with Gasteiger partial charge in [0.15, 0.2) is 0 Å². The summed E-state index contributed by atoms with van der Waals surface area (Å²) in [6.07, 6.45) is 4.04. The minimum absolute atomic E-state index is 0.341. The minimum Gasteiger partial charge on any atom is -0.341 e. The molecule has 1 rings (SSSR count). The molecule has 1 amide bonds. The quantitative estimate of drug-likeness (QED) is 0.768. The lowest BCUT2D eigenvalue weighted by Crippen LogP contribution is -2.42. The fourth-order valence-corrected chi connectivity index (χ4v) is 2.06. The molecule has 0 saturated carbocycles. The molecule has 3 nitrogen and oxygen atoms in total. The van der Waals surface area contributed by atoms with Crippen LogP contribution in [0.25, 0.3) is 0 Å². The molecule has 1 N–H and O–H groups in total. The van der Waals surface area contributed by atoms with Crippen LogP contribution in [0.3, 0.4) is 0 Å². The first kappa shape index (κ1) is 12.5. The molecular weight excluding hydrogens is 188 g/mol. The van der Waals surface area contributed by atoms with Crippen LogP contribution in [0.5, 0.6) is 0 Å². The van der Waals surface area contributed by atoms with Crippen molar-refractivity contribution in [2.45, 2.75) is 45.6 Å². The topological polar surface area (TPSA) is 32.3 Å². The highest BCUT2D eigenvalue weighted by Crippen LogP contribution is 2.17. The van der Waals surface area contributed by atoms with Gasteiger partial charge in [-0.05, 0) is 32.2 Å². The predicted octanol–water partition coefficient (Wildman–Crippen LogP) is 1.63. The zero-order valence-electron chi connectivity index (χ0n) is 10.3. The maximum absolute atomic E-state index is 11.8. The van der Waals surface area contributed by atoms with Crippen molar-refractivity contribution in [3.05, 3.63) is 0 Å². The standard InChI is InChI=1S/C12H24N2O/c1-4-11(13-3)9-14-8-7-10(2)5-6-12(14)15/h10-11,13H,4-9H2,1-3H3. The highest BCUT2D eigenvalue weighted by molar-refractivity contribution is 5.76. The third-order valence-corrected chi connectivity index (χ3v) is 3.44. The van der Waals surface area contributed by atoms with Gasteiger partial charge in [-0.15, -0.1) is 0 Å². The Balaban J connectivity index is 2.48. The van der Waals surface area contributed by atoms with Crippen LogP contribution in [0.1, 0.15) is 39.5 Å². The number of carbonyl (C=O) groups is 1. The van der Waals surface area contributed by atoms with Gasteiger partial charge in [0.25, 0.3) is 0 Å². The van der Waals surface area contributed by atoms with Crippen molar-refractivity contribution in [2.75, 3.05) is 20.1 Å². The summed E-state index contributed by atoms with van der Waals surface area (Å²) in [5.41, 5.74) is 0. The number of rotatable bonds is 4. The minimum atomic E-state index is 0.341. The molecule has 2 unspecified atom stereocenters. The van der Waals surface area contributed by atoms with Crippen LogP contribution in [0.2, 0.25) is 0 Å². The lowest BCUT2D eigenvalue weighted by Gasteiger charge is -2.25. The van der Waals surface area contributed by atoms with Gasteiger partial charge in [0, 0.05) is 25.6 Å². The Morgan fingerprint density at radius 3 is 2.87 bits per heavy atom. The van der Waals surface area contributed by atoms with Crippen LogP contribution >= 0.6 is 0 Å². The number of carbonyl (C=O) groups excluding carboxylic acids is 1. The van der Waals surface area contributed by atoms with Gasteiger partial charge in [-0.25, -0.2) is 0 Å². The van der Waals surface area contributed by atoms with Gasteiger partial charge in [0.1, 0.15) is 0 Å². The molecule has 0 aromatic heterocycles. The second kappa shape index (κ2) is 6.11. The summed E-state index contributed by atoms with van der Waals surface area (Å²) in [5, 5.41) is 3.26. The average molecular weight is 212 g/mol. The number of amides is 1. The SMILES string of the molecule is CCC(CN1CCC(C)CCC1=O)NC. The second-order valence-electron chi connectivity index (χ2n) is 4.67. The Hall–Kier alpha value is -0.570. The van der Waals surface area contributed by atoms with E-state index in [9.17, 15) is 4.79 Å². The van der Waals surface area contributed by atoms with E-state index in [1.807, 2.05) is 11.9 Å². The van der Waals surface area contributed by atoms with Gasteiger partial charge < -0.3 is 10.2 Å². The van der Waals surface area contributed by atoms with Gasteiger partial charge in [0.2, 0.25) is 5.91 Å². The zero-order valence-corrected chi connectivity index (χ0v) is 10.3. The van der Waals surface area contributed by atoms with E-state index in [1.54, 1.807) is 0 Å². The van der Waals surface area contributed by atoms with Crippen molar-refractivity contribution < 1.29 is 4.79 Å². The summed E-state index contributed by atoms with van der Waals surface area (Å²) in [7, 11) is 1.97. The smallest absolute Gasteiger partial charge is 0.222 e. The summed E-state index contributed by atoms with van der Waals surface area (Å²) in [6.45, 7) is 6.22. The number of hydrogen-bond acceptors (Lipinski definition) is 2. The first-order chi connectivity index (χ1) is 7.17. The van der Waals surface area contributed by atoms with Crippen LogP contribution in [-0.4, -0.2) is 37.0 Å². The third-order valence-electron chi connectivity index (χ3n) is 3.44. The van der Waals surface area contributed by atoms with Crippen LogP contribution in [0.4, 0.5) is 0 Å². The normalized spacial score (nSPS) is 25.1. The van der Waals surface area contributed by atoms with Crippen molar-refractivity contribution in [2.24, 2.45) is 5.92 Å². The van der Waals surface area contributed by atoms with Crippen LogP contribution in [0.15, 0.2) is 0 Å². The lowest BCUT2D eigenvalue weighted by molar-refractivity contribution is -0.131. The van der Waals surface area contributed by atoms with Crippen LogP contribution < -0.4 is 5.32 Å².